The Morgan fingerprint density at radius 2 is 2.40 bits per heavy atom. The van der Waals surface area contributed by atoms with Crippen LogP contribution in [0.2, 0.25) is 0 Å². The maximum atomic E-state index is 10.3. The number of hydrogen-bond donors (Lipinski definition) is 0. The standard InChI is InChI=1S/C7H12OS2/c1-4-6(2)5-7(9-3)10-8/h4,6H,1,5H2,2-3H3. The van der Waals surface area contributed by atoms with E-state index in [1.54, 1.807) is 0 Å². The molecule has 0 saturated carbocycles. The highest BCUT2D eigenvalue weighted by Crippen LogP contribution is 2.09. The fourth-order valence-electron chi connectivity index (χ4n) is 0.498. The summed E-state index contributed by atoms with van der Waals surface area (Å²) in [4.78, 5) is 0. The van der Waals surface area contributed by atoms with Gasteiger partial charge in [0.05, 0.1) is 15.5 Å². The molecule has 0 aromatic heterocycles. The minimum Gasteiger partial charge on any atom is -0.212 e. The van der Waals surface area contributed by atoms with Gasteiger partial charge in [0.15, 0.2) is 0 Å². The third-order valence-electron chi connectivity index (χ3n) is 1.21. The predicted octanol–water partition coefficient (Wildman–Crippen LogP) is 1.90. The van der Waals surface area contributed by atoms with Gasteiger partial charge in [-0.2, -0.15) is 0 Å². The van der Waals surface area contributed by atoms with Crippen LogP contribution in [0.4, 0.5) is 0 Å². The van der Waals surface area contributed by atoms with Gasteiger partial charge < -0.3 is 0 Å². The van der Waals surface area contributed by atoms with Crippen molar-refractivity contribution in [2.75, 3.05) is 6.26 Å². The van der Waals surface area contributed by atoms with Crippen LogP contribution < -0.4 is 0 Å². The maximum Gasteiger partial charge on any atom is 0.0990 e. The van der Waals surface area contributed by atoms with E-state index in [9.17, 15) is 4.21 Å². The zero-order valence-electron chi connectivity index (χ0n) is 6.29. The van der Waals surface area contributed by atoms with Gasteiger partial charge in [-0.25, -0.2) is 4.21 Å². The first kappa shape index (κ1) is 9.98. The zero-order valence-corrected chi connectivity index (χ0v) is 7.93. The van der Waals surface area contributed by atoms with E-state index in [4.69, 9.17) is 0 Å². The molecule has 1 unspecified atom stereocenters. The molecule has 0 radical (unpaired) electrons. The highest BCUT2D eigenvalue weighted by molar-refractivity contribution is 8.20. The van der Waals surface area contributed by atoms with E-state index >= 15 is 0 Å². The van der Waals surface area contributed by atoms with Crippen molar-refractivity contribution in [3.05, 3.63) is 12.7 Å². The van der Waals surface area contributed by atoms with Crippen molar-refractivity contribution >= 4 is 27.2 Å². The van der Waals surface area contributed by atoms with Crippen LogP contribution in [0.15, 0.2) is 12.7 Å². The quantitative estimate of drug-likeness (QED) is 0.482. The second-order valence-electron chi connectivity index (χ2n) is 2.08. The smallest absolute Gasteiger partial charge is 0.0990 e. The van der Waals surface area contributed by atoms with E-state index in [1.807, 2.05) is 12.3 Å². The van der Waals surface area contributed by atoms with E-state index in [0.29, 0.717) is 17.2 Å². The highest BCUT2D eigenvalue weighted by atomic mass is 32.2. The molecular weight excluding hydrogens is 164 g/mol. The third kappa shape index (κ3) is 3.90. The molecule has 0 aromatic rings. The first-order valence-corrected chi connectivity index (χ1v) is 5.03. The summed E-state index contributed by atoms with van der Waals surface area (Å²) in [5, 5.41) is 0. The molecule has 0 N–H and O–H groups in total. The Morgan fingerprint density at radius 3 is 2.70 bits per heavy atom. The molecule has 1 atom stereocenters. The minimum absolute atomic E-state index is 0.420. The summed E-state index contributed by atoms with van der Waals surface area (Å²) in [6.45, 7) is 5.70. The monoisotopic (exact) mass is 176 g/mol. The van der Waals surface area contributed by atoms with Crippen molar-refractivity contribution in [3.63, 3.8) is 0 Å². The molecule has 3 heteroatoms. The van der Waals surface area contributed by atoms with Gasteiger partial charge in [-0.1, -0.05) is 13.0 Å². The van der Waals surface area contributed by atoms with Gasteiger partial charge in [0.25, 0.3) is 0 Å². The molecule has 58 valence electrons. The lowest BCUT2D eigenvalue weighted by Gasteiger charge is -2.02. The lowest BCUT2D eigenvalue weighted by atomic mass is 10.1. The largest absolute Gasteiger partial charge is 0.212 e. The van der Waals surface area contributed by atoms with Gasteiger partial charge in [0.2, 0.25) is 0 Å². The molecule has 0 amide bonds. The normalized spacial score (nSPS) is 12.2. The minimum atomic E-state index is 0.420. The van der Waals surface area contributed by atoms with Gasteiger partial charge in [-0.15, -0.1) is 18.3 Å². The lowest BCUT2D eigenvalue weighted by Crippen LogP contribution is -1.97. The number of allylic oxidation sites excluding steroid dienone is 1. The Bertz CT molecular complexity index is 159. The Morgan fingerprint density at radius 1 is 1.80 bits per heavy atom. The molecule has 0 aliphatic rings. The maximum absolute atomic E-state index is 10.3. The summed E-state index contributed by atoms with van der Waals surface area (Å²) < 4.78 is 11.3. The van der Waals surface area contributed by atoms with Crippen LogP contribution in [0.3, 0.4) is 0 Å². The van der Waals surface area contributed by atoms with Gasteiger partial charge in [-0.05, 0) is 18.6 Å². The van der Waals surface area contributed by atoms with Crippen LogP contribution in [-0.2, 0) is 11.3 Å². The molecular formula is C7H12OS2. The van der Waals surface area contributed by atoms with Crippen LogP contribution in [0.1, 0.15) is 13.3 Å². The third-order valence-corrected chi connectivity index (χ3v) is 2.89. The van der Waals surface area contributed by atoms with E-state index < -0.39 is 0 Å². The van der Waals surface area contributed by atoms with Crippen molar-refractivity contribution in [3.8, 4) is 0 Å². The molecule has 0 aliphatic carbocycles. The Hall–Kier alpha value is -0.0200. The van der Waals surface area contributed by atoms with Crippen molar-refractivity contribution in [2.24, 2.45) is 5.92 Å². The predicted molar refractivity (Wildman–Crippen MR) is 50.6 cm³/mol. The molecule has 0 saturated heterocycles. The molecule has 1 nitrogen and oxygen atoms in total. The first-order valence-electron chi connectivity index (χ1n) is 3.06. The Kier molecular flexibility index (Phi) is 5.73. The van der Waals surface area contributed by atoms with Crippen LogP contribution in [0.5, 0.6) is 0 Å². The molecule has 0 spiro atoms. The van der Waals surface area contributed by atoms with Crippen LogP contribution in [-0.4, -0.2) is 14.7 Å². The van der Waals surface area contributed by atoms with Crippen LogP contribution >= 0.6 is 11.8 Å². The molecule has 0 heterocycles. The number of thioether (sulfide) groups is 1. The summed E-state index contributed by atoms with van der Waals surface area (Å²) in [6, 6.07) is 0. The first-order chi connectivity index (χ1) is 4.74. The van der Waals surface area contributed by atoms with Crippen molar-refractivity contribution in [1.82, 2.24) is 0 Å². The number of rotatable bonds is 3. The topological polar surface area (TPSA) is 17.1 Å². The fraction of sp³-hybridized carbons (Fsp3) is 0.571. The second-order valence-corrected chi connectivity index (χ2v) is 3.90. The van der Waals surface area contributed by atoms with Crippen molar-refractivity contribution in [1.29, 1.82) is 0 Å². The Balaban J connectivity index is 3.87. The molecule has 10 heavy (non-hydrogen) atoms. The fourth-order valence-corrected chi connectivity index (χ4v) is 1.53. The lowest BCUT2D eigenvalue weighted by molar-refractivity contribution is 0.700. The summed E-state index contributed by atoms with van der Waals surface area (Å²) in [5.74, 6) is 0.420. The van der Waals surface area contributed by atoms with Gasteiger partial charge in [-0.3, -0.25) is 0 Å². The molecule has 0 fully saturated rings. The molecule has 0 aromatic carbocycles. The highest BCUT2D eigenvalue weighted by Gasteiger charge is 2.00. The molecule has 0 aliphatic heterocycles. The summed E-state index contributed by atoms with van der Waals surface area (Å²) in [5.41, 5.74) is 0. The van der Waals surface area contributed by atoms with E-state index in [0.717, 1.165) is 10.6 Å². The van der Waals surface area contributed by atoms with Crippen LogP contribution in [0, 0.1) is 5.92 Å². The van der Waals surface area contributed by atoms with Crippen LogP contribution in [0.25, 0.3) is 0 Å². The molecule has 0 bridgehead atoms. The zero-order chi connectivity index (χ0) is 7.98. The van der Waals surface area contributed by atoms with E-state index in [-0.39, 0.29) is 0 Å². The summed E-state index contributed by atoms with van der Waals surface area (Å²) in [6.07, 6.45) is 4.64. The van der Waals surface area contributed by atoms with Crippen molar-refractivity contribution < 1.29 is 4.21 Å². The van der Waals surface area contributed by atoms with Gasteiger partial charge in [0, 0.05) is 0 Å². The van der Waals surface area contributed by atoms with E-state index in [1.165, 1.54) is 11.8 Å². The average Bonchev–Trinajstić information content (AvgIpc) is 1.99. The molecule has 0 rings (SSSR count). The number of hydrogen-bond acceptors (Lipinski definition) is 2. The summed E-state index contributed by atoms with van der Waals surface area (Å²) in [7, 11) is 0. The second kappa shape index (κ2) is 5.74. The Labute approximate surface area is 70.0 Å². The van der Waals surface area contributed by atoms with Crippen molar-refractivity contribution in [2.45, 2.75) is 13.3 Å². The summed E-state index contributed by atoms with van der Waals surface area (Å²) >= 11 is 2.13. The average molecular weight is 176 g/mol. The van der Waals surface area contributed by atoms with Gasteiger partial charge in [0.1, 0.15) is 0 Å². The van der Waals surface area contributed by atoms with Gasteiger partial charge >= 0.3 is 0 Å². The van der Waals surface area contributed by atoms with E-state index in [2.05, 4.69) is 13.5 Å². The SMILES string of the molecule is C=CC(C)CC(SC)=S=O.